The average molecular weight is 212 g/mol. The summed E-state index contributed by atoms with van der Waals surface area (Å²) in [5, 5.41) is 3.67. The first kappa shape index (κ1) is 13.0. The van der Waals surface area contributed by atoms with Crippen molar-refractivity contribution in [1.29, 1.82) is 0 Å². The topological polar surface area (TPSA) is 15.3 Å². The Bertz CT molecular complexity index is 168. The van der Waals surface area contributed by atoms with Gasteiger partial charge in [-0.2, -0.15) is 0 Å². The van der Waals surface area contributed by atoms with Gasteiger partial charge in [0.1, 0.15) is 0 Å². The Morgan fingerprint density at radius 1 is 1.40 bits per heavy atom. The van der Waals surface area contributed by atoms with E-state index in [-0.39, 0.29) is 0 Å². The highest BCUT2D eigenvalue weighted by atomic mass is 15.1. The zero-order valence-corrected chi connectivity index (χ0v) is 10.9. The molecule has 2 unspecified atom stereocenters. The summed E-state index contributed by atoms with van der Waals surface area (Å²) in [7, 11) is 0. The number of nitrogens with one attached hydrogen (secondary N) is 1. The molecule has 2 atom stereocenters. The smallest absolute Gasteiger partial charge is 0.0117 e. The van der Waals surface area contributed by atoms with Crippen molar-refractivity contribution in [3.8, 4) is 0 Å². The largest absolute Gasteiger partial charge is 0.314 e. The fourth-order valence-electron chi connectivity index (χ4n) is 2.55. The summed E-state index contributed by atoms with van der Waals surface area (Å²) in [5.41, 5.74) is 0. The zero-order chi connectivity index (χ0) is 11.3. The summed E-state index contributed by atoms with van der Waals surface area (Å²) >= 11 is 0. The zero-order valence-electron chi connectivity index (χ0n) is 10.9. The number of rotatable bonds is 5. The molecule has 0 aromatic carbocycles. The molecule has 1 fully saturated rings. The minimum atomic E-state index is 0.758. The normalized spacial score (nSPS) is 28.6. The van der Waals surface area contributed by atoms with Crippen LogP contribution in [-0.2, 0) is 0 Å². The molecule has 1 saturated heterocycles. The fourth-order valence-corrected chi connectivity index (χ4v) is 2.55. The summed E-state index contributed by atoms with van der Waals surface area (Å²) in [6.07, 6.45) is 2.58. The van der Waals surface area contributed by atoms with Crippen LogP contribution < -0.4 is 5.32 Å². The van der Waals surface area contributed by atoms with Gasteiger partial charge in [-0.25, -0.2) is 0 Å². The van der Waals surface area contributed by atoms with Crippen molar-refractivity contribution in [1.82, 2.24) is 10.2 Å². The van der Waals surface area contributed by atoms with E-state index in [1.807, 2.05) is 0 Å². The molecule has 2 nitrogen and oxygen atoms in total. The van der Waals surface area contributed by atoms with Gasteiger partial charge in [-0.05, 0) is 37.8 Å². The van der Waals surface area contributed by atoms with Crippen molar-refractivity contribution in [2.24, 2.45) is 11.8 Å². The highest BCUT2D eigenvalue weighted by molar-refractivity contribution is 4.82. The predicted molar refractivity (Wildman–Crippen MR) is 67.1 cm³/mol. The predicted octanol–water partition coefficient (Wildman–Crippen LogP) is 2.35. The van der Waals surface area contributed by atoms with Crippen LogP contribution in [0.25, 0.3) is 0 Å². The van der Waals surface area contributed by atoms with Gasteiger partial charge in [-0.1, -0.05) is 27.7 Å². The molecule has 1 heterocycles. The lowest BCUT2D eigenvalue weighted by Gasteiger charge is -2.38. The highest BCUT2D eigenvalue weighted by Gasteiger charge is 2.25. The average Bonchev–Trinajstić information content (AvgIpc) is 2.15. The monoisotopic (exact) mass is 212 g/mol. The molecular weight excluding hydrogens is 184 g/mol. The molecule has 1 rings (SSSR count). The number of nitrogens with zero attached hydrogens (tertiary/aromatic N) is 1. The van der Waals surface area contributed by atoms with Gasteiger partial charge in [0.25, 0.3) is 0 Å². The molecule has 0 bridgehead atoms. The van der Waals surface area contributed by atoms with Crippen LogP contribution in [0, 0.1) is 11.8 Å². The van der Waals surface area contributed by atoms with Gasteiger partial charge in [-0.15, -0.1) is 0 Å². The van der Waals surface area contributed by atoms with Gasteiger partial charge in [0.2, 0.25) is 0 Å². The van der Waals surface area contributed by atoms with Crippen LogP contribution in [0.4, 0.5) is 0 Å². The molecule has 90 valence electrons. The molecule has 0 amide bonds. The van der Waals surface area contributed by atoms with Crippen LogP contribution in [0.15, 0.2) is 0 Å². The van der Waals surface area contributed by atoms with Gasteiger partial charge in [0.05, 0.1) is 0 Å². The van der Waals surface area contributed by atoms with E-state index in [0.29, 0.717) is 0 Å². The molecule has 1 N–H and O–H groups in total. The third-order valence-electron chi connectivity index (χ3n) is 3.27. The summed E-state index contributed by atoms with van der Waals surface area (Å²) < 4.78 is 0. The second-order valence-electron chi connectivity index (χ2n) is 5.48. The molecular formula is C13H28N2. The minimum absolute atomic E-state index is 0.758. The van der Waals surface area contributed by atoms with Gasteiger partial charge in [0, 0.05) is 19.1 Å². The van der Waals surface area contributed by atoms with E-state index < -0.39 is 0 Å². The lowest BCUT2D eigenvalue weighted by Crippen LogP contribution is -2.49. The number of hydrogen-bond donors (Lipinski definition) is 1. The maximum Gasteiger partial charge on any atom is 0.0117 e. The fraction of sp³-hybridized carbons (Fsp3) is 1.00. The third-order valence-corrected chi connectivity index (χ3v) is 3.27. The van der Waals surface area contributed by atoms with Crippen molar-refractivity contribution in [3.63, 3.8) is 0 Å². The van der Waals surface area contributed by atoms with E-state index >= 15 is 0 Å². The summed E-state index contributed by atoms with van der Waals surface area (Å²) in [6.45, 7) is 14.3. The van der Waals surface area contributed by atoms with Crippen molar-refractivity contribution >= 4 is 0 Å². The van der Waals surface area contributed by atoms with Crippen LogP contribution in [0.3, 0.4) is 0 Å². The molecule has 0 aliphatic carbocycles. The van der Waals surface area contributed by atoms with Crippen molar-refractivity contribution in [2.45, 2.75) is 46.6 Å². The molecule has 2 heteroatoms. The molecule has 0 saturated carbocycles. The first-order chi connectivity index (χ1) is 7.13. The van der Waals surface area contributed by atoms with Crippen molar-refractivity contribution < 1.29 is 0 Å². The Morgan fingerprint density at radius 3 is 2.67 bits per heavy atom. The van der Waals surface area contributed by atoms with Crippen LogP contribution in [0.1, 0.15) is 40.5 Å². The SMILES string of the molecule is CCCNC1CCN(CC(C)C)CC1C. The molecule has 0 aromatic rings. The molecule has 0 aromatic heterocycles. The Hall–Kier alpha value is -0.0800. The lowest BCUT2D eigenvalue weighted by molar-refractivity contribution is 0.135. The van der Waals surface area contributed by atoms with Gasteiger partial charge in [-0.3, -0.25) is 0 Å². The van der Waals surface area contributed by atoms with Gasteiger partial charge < -0.3 is 10.2 Å². The van der Waals surface area contributed by atoms with Gasteiger partial charge >= 0.3 is 0 Å². The summed E-state index contributed by atoms with van der Waals surface area (Å²) in [6, 6.07) is 0.758. The van der Waals surface area contributed by atoms with Crippen molar-refractivity contribution in [3.05, 3.63) is 0 Å². The maximum absolute atomic E-state index is 3.67. The van der Waals surface area contributed by atoms with Crippen LogP contribution in [0.5, 0.6) is 0 Å². The third kappa shape index (κ3) is 4.52. The Kier molecular flexibility index (Phi) is 5.62. The molecule has 15 heavy (non-hydrogen) atoms. The second-order valence-corrected chi connectivity index (χ2v) is 5.48. The lowest BCUT2D eigenvalue weighted by atomic mass is 9.93. The maximum atomic E-state index is 3.67. The van der Waals surface area contributed by atoms with Crippen LogP contribution >= 0.6 is 0 Å². The van der Waals surface area contributed by atoms with E-state index in [0.717, 1.165) is 17.9 Å². The minimum Gasteiger partial charge on any atom is -0.314 e. The number of piperidine rings is 1. The van der Waals surface area contributed by atoms with E-state index in [4.69, 9.17) is 0 Å². The van der Waals surface area contributed by atoms with Crippen molar-refractivity contribution in [2.75, 3.05) is 26.2 Å². The Morgan fingerprint density at radius 2 is 2.13 bits per heavy atom. The highest BCUT2D eigenvalue weighted by Crippen LogP contribution is 2.17. The van der Waals surface area contributed by atoms with E-state index in [1.54, 1.807) is 0 Å². The number of hydrogen-bond acceptors (Lipinski definition) is 2. The first-order valence-electron chi connectivity index (χ1n) is 6.59. The van der Waals surface area contributed by atoms with E-state index in [9.17, 15) is 0 Å². The Labute approximate surface area is 95.4 Å². The molecule has 1 aliphatic heterocycles. The standard InChI is InChI=1S/C13H28N2/c1-5-7-14-13-6-8-15(9-11(2)3)10-12(13)4/h11-14H,5-10H2,1-4H3. The van der Waals surface area contributed by atoms with Gasteiger partial charge in [0.15, 0.2) is 0 Å². The molecule has 0 spiro atoms. The summed E-state index contributed by atoms with van der Waals surface area (Å²) in [4.78, 5) is 2.62. The summed E-state index contributed by atoms with van der Waals surface area (Å²) in [5.74, 6) is 1.61. The first-order valence-corrected chi connectivity index (χ1v) is 6.59. The Balaban J connectivity index is 2.27. The second kappa shape index (κ2) is 6.49. The molecule has 0 radical (unpaired) electrons. The van der Waals surface area contributed by atoms with E-state index in [2.05, 4.69) is 37.9 Å². The van der Waals surface area contributed by atoms with Crippen LogP contribution in [0.2, 0.25) is 0 Å². The molecule has 1 aliphatic rings. The van der Waals surface area contributed by atoms with Crippen LogP contribution in [-0.4, -0.2) is 37.1 Å². The van der Waals surface area contributed by atoms with E-state index in [1.165, 1.54) is 39.0 Å². The number of likely N-dealkylation sites (tertiary alicyclic amines) is 1. The quantitative estimate of drug-likeness (QED) is 0.752.